The van der Waals surface area contributed by atoms with E-state index < -0.39 is 9.85 Å². The van der Waals surface area contributed by atoms with E-state index in [2.05, 4.69) is 58.0 Å². The Labute approximate surface area is 296 Å². The molecule has 0 bridgehead atoms. The molecule has 0 radical (unpaired) electrons. The molecule has 0 spiro atoms. The monoisotopic (exact) mass is 676 g/mol. The number of nitrogens with zero attached hydrogens (tertiary/aromatic N) is 2. The Hall–Kier alpha value is -7.14. The molecule has 2 N–H and O–H groups in total. The lowest BCUT2D eigenvalue weighted by atomic mass is 10.1. The van der Waals surface area contributed by atoms with Crippen LogP contribution in [0.15, 0.2) is 97.1 Å². The molecular formula is C41H32N4O6. The lowest BCUT2D eigenvalue weighted by Gasteiger charge is -2.07. The predicted molar refractivity (Wildman–Crippen MR) is 196 cm³/mol. The average Bonchev–Trinajstić information content (AvgIpc) is 3.12. The van der Waals surface area contributed by atoms with E-state index in [-0.39, 0.29) is 23.2 Å². The van der Waals surface area contributed by atoms with Crippen LogP contribution in [0.25, 0.3) is 0 Å². The average molecular weight is 677 g/mol. The molecule has 252 valence electrons. The molecule has 0 fully saturated rings. The number of hydrogen-bond acceptors (Lipinski definition) is 6. The molecule has 10 nitrogen and oxygen atoms in total. The second kappa shape index (κ2) is 19.6. The maximum atomic E-state index is 12.5. The Bertz CT molecular complexity index is 2030. The Morgan fingerprint density at radius 1 is 0.490 bits per heavy atom. The van der Waals surface area contributed by atoms with Crippen molar-refractivity contribution < 1.29 is 19.4 Å². The van der Waals surface area contributed by atoms with Crippen LogP contribution in [0.1, 0.15) is 67.2 Å². The SMILES string of the molecule is O=C(CCCCCCCC(=O)Nc1cccc(C#CC#Cc2cccc([N+](=O)[O-])c2)c1)Nc1cccc(C#CC#Cc2cccc([N+](=O)[O-])c2)c1. The van der Waals surface area contributed by atoms with E-state index in [4.69, 9.17) is 0 Å². The fourth-order valence-corrected chi connectivity index (χ4v) is 4.71. The molecule has 0 aliphatic heterocycles. The maximum absolute atomic E-state index is 12.5. The van der Waals surface area contributed by atoms with Gasteiger partial charge in [-0.25, -0.2) is 0 Å². The summed E-state index contributed by atoms with van der Waals surface area (Å²) >= 11 is 0. The Balaban J connectivity index is 1.11. The molecular weight excluding hydrogens is 644 g/mol. The first-order valence-electron chi connectivity index (χ1n) is 16.1. The van der Waals surface area contributed by atoms with Gasteiger partial charge in [0.05, 0.1) is 9.85 Å². The van der Waals surface area contributed by atoms with Crippen LogP contribution in [-0.4, -0.2) is 21.7 Å². The normalized spacial score (nSPS) is 9.57. The highest BCUT2D eigenvalue weighted by atomic mass is 16.6. The van der Waals surface area contributed by atoms with Crippen LogP contribution in [0.5, 0.6) is 0 Å². The number of amides is 2. The molecule has 0 atom stereocenters. The summed E-state index contributed by atoms with van der Waals surface area (Å²) in [4.78, 5) is 45.7. The van der Waals surface area contributed by atoms with Crippen LogP contribution in [0.3, 0.4) is 0 Å². The van der Waals surface area contributed by atoms with E-state index in [0.29, 0.717) is 46.5 Å². The fraction of sp³-hybridized carbons (Fsp3) is 0.171. The lowest BCUT2D eigenvalue weighted by Crippen LogP contribution is -2.11. The Morgan fingerprint density at radius 3 is 1.20 bits per heavy atom. The third kappa shape index (κ3) is 13.5. The zero-order chi connectivity index (χ0) is 36.3. The van der Waals surface area contributed by atoms with Crippen LogP contribution >= 0.6 is 0 Å². The quantitative estimate of drug-likeness (QED) is 0.0684. The molecule has 0 unspecified atom stereocenters. The number of nitro benzene ring substituents is 2. The van der Waals surface area contributed by atoms with Gasteiger partial charge in [-0.15, -0.1) is 0 Å². The summed E-state index contributed by atoms with van der Waals surface area (Å²) in [5, 5.41) is 27.6. The molecule has 4 rings (SSSR count). The van der Waals surface area contributed by atoms with Crippen LogP contribution in [0, 0.1) is 67.6 Å². The highest BCUT2D eigenvalue weighted by Crippen LogP contribution is 2.15. The van der Waals surface area contributed by atoms with Gasteiger partial charge in [-0.1, -0.05) is 67.2 Å². The van der Waals surface area contributed by atoms with Gasteiger partial charge >= 0.3 is 0 Å². The minimum Gasteiger partial charge on any atom is -0.326 e. The highest BCUT2D eigenvalue weighted by Gasteiger charge is 2.06. The molecule has 0 saturated carbocycles. The number of nitrogens with one attached hydrogen (secondary N) is 2. The first kappa shape index (κ1) is 36.7. The molecule has 0 heterocycles. The Morgan fingerprint density at radius 2 is 0.824 bits per heavy atom. The summed E-state index contributed by atoms with van der Waals surface area (Å²) in [6.07, 6.45) is 4.87. The zero-order valence-corrected chi connectivity index (χ0v) is 27.5. The molecule has 0 aliphatic carbocycles. The zero-order valence-electron chi connectivity index (χ0n) is 27.5. The van der Waals surface area contributed by atoms with Crippen molar-refractivity contribution in [3.63, 3.8) is 0 Å². The number of non-ortho nitro benzene ring substituents is 2. The molecule has 51 heavy (non-hydrogen) atoms. The molecule has 0 aromatic heterocycles. The fourth-order valence-electron chi connectivity index (χ4n) is 4.71. The van der Waals surface area contributed by atoms with E-state index in [9.17, 15) is 29.8 Å². The van der Waals surface area contributed by atoms with Crippen LogP contribution in [0.4, 0.5) is 22.7 Å². The number of carbonyl (C=O) groups excluding carboxylic acids is 2. The lowest BCUT2D eigenvalue weighted by molar-refractivity contribution is -0.385. The number of hydrogen-bond donors (Lipinski definition) is 2. The van der Waals surface area contributed by atoms with E-state index in [1.54, 1.807) is 72.8 Å². The van der Waals surface area contributed by atoms with Gasteiger partial charge < -0.3 is 10.6 Å². The third-order valence-electron chi connectivity index (χ3n) is 7.17. The van der Waals surface area contributed by atoms with Crippen LogP contribution in [-0.2, 0) is 9.59 Å². The minimum absolute atomic E-state index is 0.0326. The van der Waals surface area contributed by atoms with E-state index >= 15 is 0 Å². The summed E-state index contributed by atoms with van der Waals surface area (Å²) in [7, 11) is 0. The summed E-state index contributed by atoms with van der Waals surface area (Å²) in [5.74, 6) is 22.1. The van der Waals surface area contributed by atoms with Crippen molar-refractivity contribution in [2.45, 2.75) is 44.9 Å². The van der Waals surface area contributed by atoms with Crippen molar-refractivity contribution in [3.05, 3.63) is 140 Å². The molecule has 0 saturated heterocycles. The van der Waals surface area contributed by atoms with Gasteiger partial charge in [0, 0.05) is 70.7 Å². The number of nitro groups is 2. The highest BCUT2D eigenvalue weighted by molar-refractivity contribution is 5.91. The molecule has 0 aliphatic rings. The van der Waals surface area contributed by atoms with Gasteiger partial charge in [0.25, 0.3) is 11.4 Å². The maximum Gasteiger partial charge on any atom is 0.270 e. The Kier molecular flexibility index (Phi) is 14.1. The minimum atomic E-state index is -0.475. The second-order valence-electron chi connectivity index (χ2n) is 11.1. The van der Waals surface area contributed by atoms with Gasteiger partial charge in [0.2, 0.25) is 11.8 Å². The number of rotatable bonds is 12. The number of unbranched alkanes of at least 4 members (excludes halogenated alkanes) is 4. The first-order chi connectivity index (χ1) is 24.7. The molecule has 2 amide bonds. The molecule has 4 aromatic carbocycles. The van der Waals surface area contributed by atoms with Crippen molar-refractivity contribution >= 4 is 34.6 Å². The molecule has 4 aromatic rings. The van der Waals surface area contributed by atoms with Crippen molar-refractivity contribution in [2.75, 3.05) is 10.6 Å². The number of carbonyl (C=O) groups is 2. The second-order valence-corrected chi connectivity index (χ2v) is 11.1. The van der Waals surface area contributed by atoms with Crippen molar-refractivity contribution in [3.8, 4) is 47.4 Å². The smallest absolute Gasteiger partial charge is 0.270 e. The van der Waals surface area contributed by atoms with Crippen LogP contribution < -0.4 is 10.6 Å². The third-order valence-corrected chi connectivity index (χ3v) is 7.17. The van der Waals surface area contributed by atoms with Gasteiger partial charge in [0.1, 0.15) is 0 Å². The van der Waals surface area contributed by atoms with E-state index in [1.807, 2.05) is 0 Å². The summed E-state index contributed by atoms with van der Waals surface area (Å²) in [6, 6.07) is 26.3. The van der Waals surface area contributed by atoms with Gasteiger partial charge in [-0.2, -0.15) is 0 Å². The predicted octanol–water partition coefficient (Wildman–Crippen LogP) is 7.62. The van der Waals surface area contributed by atoms with E-state index in [0.717, 1.165) is 32.1 Å². The standard InChI is InChI=1S/C41H32N4O6/c46-40(42-36-22-10-18-32(28-36)14-6-8-16-34-20-12-24-38(30-34)44(48)49)26-4-2-1-3-5-27-41(47)43-37-23-11-19-33(29-37)15-7-9-17-35-21-13-25-39(31-35)45(50)51/h10-13,18-25,28-31H,1-5,26-27H2,(H,42,46)(H,43,47). The number of benzene rings is 4. The van der Waals surface area contributed by atoms with Crippen molar-refractivity contribution in [2.24, 2.45) is 0 Å². The largest absolute Gasteiger partial charge is 0.326 e. The van der Waals surface area contributed by atoms with E-state index in [1.165, 1.54) is 24.3 Å². The van der Waals surface area contributed by atoms with Gasteiger partial charge in [0.15, 0.2) is 0 Å². The summed E-state index contributed by atoms with van der Waals surface area (Å²) in [6.45, 7) is 0. The van der Waals surface area contributed by atoms with Gasteiger partial charge in [-0.3, -0.25) is 29.8 Å². The first-order valence-corrected chi connectivity index (χ1v) is 16.1. The van der Waals surface area contributed by atoms with Crippen molar-refractivity contribution in [1.29, 1.82) is 0 Å². The summed E-state index contributed by atoms with van der Waals surface area (Å²) in [5.41, 5.74) is 3.55. The summed E-state index contributed by atoms with van der Waals surface area (Å²) < 4.78 is 0. The molecule has 10 heteroatoms. The van der Waals surface area contributed by atoms with Crippen molar-refractivity contribution in [1.82, 2.24) is 0 Å². The van der Waals surface area contributed by atoms with Gasteiger partial charge in [-0.05, 0) is 85.1 Å². The topological polar surface area (TPSA) is 144 Å². The number of anilines is 2. The van der Waals surface area contributed by atoms with Crippen LogP contribution in [0.2, 0.25) is 0 Å².